The van der Waals surface area contributed by atoms with E-state index in [-0.39, 0.29) is 6.04 Å². The van der Waals surface area contributed by atoms with Crippen LogP contribution in [0.5, 0.6) is 5.75 Å². The first-order chi connectivity index (χ1) is 11.3. The summed E-state index contributed by atoms with van der Waals surface area (Å²) in [5.41, 5.74) is 2.26. The Hall–Kier alpha value is -2.32. The van der Waals surface area contributed by atoms with Crippen LogP contribution in [0.25, 0.3) is 10.8 Å². The molecule has 116 valence electrons. The maximum absolute atomic E-state index is 10.9. The molecule has 1 fully saturated rings. The highest BCUT2D eigenvalue weighted by atomic mass is 16.3. The molecule has 0 bridgehead atoms. The van der Waals surface area contributed by atoms with E-state index < -0.39 is 0 Å². The Morgan fingerprint density at radius 2 is 1.48 bits per heavy atom. The van der Waals surface area contributed by atoms with Gasteiger partial charge in [-0.25, -0.2) is 0 Å². The molecular weight excluding hydrogens is 282 g/mol. The van der Waals surface area contributed by atoms with Gasteiger partial charge >= 0.3 is 0 Å². The third-order valence-corrected chi connectivity index (χ3v) is 4.85. The van der Waals surface area contributed by atoms with E-state index in [1.807, 2.05) is 30.3 Å². The summed E-state index contributed by atoms with van der Waals surface area (Å²) in [4.78, 5) is 2.49. The molecule has 3 aromatic carbocycles. The van der Waals surface area contributed by atoms with Gasteiger partial charge in [-0.15, -0.1) is 0 Å². The van der Waals surface area contributed by atoms with Crippen LogP contribution in [-0.4, -0.2) is 23.1 Å². The predicted molar refractivity (Wildman–Crippen MR) is 94.7 cm³/mol. The fourth-order valence-electron chi connectivity index (χ4n) is 3.71. The minimum Gasteiger partial charge on any atom is -0.507 e. The molecule has 2 heteroatoms. The van der Waals surface area contributed by atoms with Crippen LogP contribution in [0.3, 0.4) is 0 Å². The summed E-state index contributed by atoms with van der Waals surface area (Å²) >= 11 is 0. The molecule has 1 aliphatic heterocycles. The number of hydrogen-bond acceptors (Lipinski definition) is 2. The fraction of sp³-hybridized carbons (Fsp3) is 0.238. The number of phenols is 1. The van der Waals surface area contributed by atoms with Crippen LogP contribution < -0.4 is 0 Å². The van der Waals surface area contributed by atoms with Gasteiger partial charge in [-0.3, -0.25) is 4.90 Å². The SMILES string of the molecule is Oc1c(C(c2ccccc2)N2CCCC2)ccc2ccccc12. The topological polar surface area (TPSA) is 23.5 Å². The number of nitrogens with zero attached hydrogens (tertiary/aromatic N) is 1. The summed E-state index contributed by atoms with van der Waals surface area (Å²) in [6.07, 6.45) is 2.47. The zero-order chi connectivity index (χ0) is 15.6. The minimum atomic E-state index is 0.128. The van der Waals surface area contributed by atoms with Gasteiger partial charge in [-0.1, -0.05) is 66.7 Å². The van der Waals surface area contributed by atoms with E-state index in [4.69, 9.17) is 0 Å². The van der Waals surface area contributed by atoms with Crippen molar-refractivity contribution in [3.05, 3.63) is 77.9 Å². The summed E-state index contributed by atoms with van der Waals surface area (Å²) in [6, 6.07) is 22.9. The molecule has 23 heavy (non-hydrogen) atoms. The van der Waals surface area contributed by atoms with E-state index in [0.717, 1.165) is 29.4 Å². The monoisotopic (exact) mass is 303 g/mol. The van der Waals surface area contributed by atoms with Gasteiger partial charge in [0.2, 0.25) is 0 Å². The average molecular weight is 303 g/mol. The Morgan fingerprint density at radius 1 is 0.783 bits per heavy atom. The highest BCUT2D eigenvalue weighted by molar-refractivity contribution is 5.89. The second-order valence-electron chi connectivity index (χ2n) is 6.28. The molecule has 1 heterocycles. The first kappa shape index (κ1) is 14.3. The number of likely N-dealkylation sites (tertiary alicyclic amines) is 1. The van der Waals surface area contributed by atoms with Gasteiger partial charge in [0, 0.05) is 10.9 Å². The number of phenolic OH excluding ortho intramolecular Hbond substituents is 1. The fourth-order valence-corrected chi connectivity index (χ4v) is 3.71. The summed E-state index contributed by atoms with van der Waals surface area (Å²) < 4.78 is 0. The van der Waals surface area contributed by atoms with Crippen molar-refractivity contribution in [2.24, 2.45) is 0 Å². The van der Waals surface area contributed by atoms with Gasteiger partial charge in [0.05, 0.1) is 6.04 Å². The van der Waals surface area contributed by atoms with Gasteiger partial charge < -0.3 is 5.11 Å². The Bertz CT molecular complexity index is 806. The summed E-state index contributed by atoms with van der Waals surface area (Å²) in [5.74, 6) is 0.420. The molecule has 1 saturated heterocycles. The second-order valence-corrected chi connectivity index (χ2v) is 6.28. The lowest BCUT2D eigenvalue weighted by atomic mass is 9.94. The third-order valence-electron chi connectivity index (χ3n) is 4.85. The van der Waals surface area contributed by atoms with Crippen LogP contribution in [0.4, 0.5) is 0 Å². The predicted octanol–water partition coefficient (Wildman–Crippen LogP) is 4.73. The van der Waals surface area contributed by atoms with E-state index in [1.54, 1.807) is 0 Å². The molecule has 0 aliphatic carbocycles. The lowest BCUT2D eigenvalue weighted by molar-refractivity contribution is 0.276. The molecule has 3 aromatic rings. The smallest absolute Gasteiger partial charge is 0.128 e. The third kappa shape index (κ3) is 2.60. The van der Waals surface area contributed by atoms with E-state index >= 15 is 0 Å². The lowest BCUT2D eigenvalue weighted by Crippen LogP contribution is -2.26. The van der Waals surface area contributed by atoms with Crippen LogP contribution in [0.2, 0.25) is 0 Å². The summed E-state index contributed by atoms with van der Waals surface area (Å²) in [5, 5.41) is 12.9. The van der Waals surface area contributed by atoms with E-state index in [0.29, 0.717) is 5.75 Å². The lowest BCUT2D eigenvalue weighted by Gasteiger charge is -2.29. The molecule has 2 nitrogen and oxygen atoms in total. The summed E-state index contributed by atoms with van der Waals surface area (Å²) in [7, 11) is 0. The van der Waals surface area contributed by atoms with Crippen LogP contribution in [-0.2, 0) is 0 Å². The van der Waals surface area contributed by atoms with Gasteiger partial charge in [0.25, 0.3) is 0 Å². The van der Waals surface area contributed by atoms with Crippen molar-refractivity contribution in [1.82, 2.24) is 4.90 Å². The number of hydrogen-bond donors (Lipinski definition) is 1. The van der Waals surface area contributed by atoms with E-state index in [2.05, 4.69) is 41.3 Å². The van der Waals surface area contributed by atoms with Crippen molar-refractivity contribution in [2.75, 3.05) is 13.1 Å². The zero-order valence-electron chi connectivity index (χ0n) is 13.2. The number of aromatic hydroxyl groups is 1. The van der Waals surface area contributed by atoms with Crippen molar-refractivity contribution in [1.29, 1.82) is 0 Å². The summed E-state index contributed by atoms with van der Waals surface area (Å²) in [6.45, 7) is 2.18. The molecule has 0 spiro atoms. The molecule has 1 N–H and O–H groups in total. The van der Waals surface area contributed by atoms with Gasteiger partial charge in [0.1, 0.15) is 5.75 Å². The highest BCUT2D eigenvalue weighted by Crippen LogP contribution is 2.39. The molecule has 1 aliphatic rings. The first-order valence-electron chi connectivity index (χ1n) is 8.34. The van der Waals surface area contributed by atoms with E-state index in [9.17, 15) is 5.11 Å². The minimum absolute atomic E-state index is 0.128. The Morgan fingerprint density at radius 3 is 2.26 bits per heavy atom. The van der Waals surface area contributed by atoms with Crippen LogP contribution in [0, 0.1) is 0 Å². The Labute approximate surface area is 137 Å². The molecule has 1 atom stereocenters. The molecule has 0 radical (unpaired) electrons. The first-order valence-corrected chi connectivity index (χ1v) is 8.34. The average Bonchev–Trinajstić information content (AvgIpc) is 3.13. The largest absolute Gasteiger partial charge is 0.507 e. The Kier molecular flexibility index (Phi) is 3.76. The van der Waals surface area contributed by atoms with Crippen molar-refractivity contribution >= 4 is 10.8 Å². The maximum Gasteiger partial charge on any atom is 0.128 e. The van der Waals surface area contributed by atoms with Crippen molar-refractivity contribution in [3.8, 4) is 5.75 Å². The number of benzene rings is 3. The van der Waals surface area contributed by atoms with Crippen molar-refractivity contribution in [2.45, 2.75) is 18.9 Å². The van der Waals surface area contributed by atoms with Crippen LogP contribution in [0.15, 0.2) is 66.7 Å². The zero-order valence-corrected chi connectivity index (χ0v) is 13.2. The second kappa shape index (κ2) is 6.05. The molecule has 4 rings (SSSR count). The molecule has 1 unspecified atom stereocenters. The van der Waals surface area contributed by atoms with Crippen LogP contribution in [0.1, 0.15) is 30.0 Å². The molecule has 0 saturated carbocycles. The Balaban J connectivity index is 1.88. The van der Waals surface area contributed by atoms with Crippen molar-refractivity contribution in [3.63, 3.8) is 0 Å². The van der Waals surface area contributed by atoms with Gasteiger partial charge in [-0.2, -0.15) is 0 Å². The quantitative estimate of drug-likeness (QED) is 0.756. The molecule has 0 aromatic heterocycles. The van der Waals surface area contributed by atoms with E-state index in [1.165, 1.54) is 18.4 Å². The van der Waals surface area contributed by atoms with Crippen molar-refractivity contribution < 1.29 is 5.11 Å². The number of rotatable bonds is 3. The maximum atomic E-state index is 10.9. The van der Waals surface area contributed by atoms with Crippen LogP contribution >= 0.6 is 0 Å². The van der Waals surface area contributed by atoms with Gasteiger partial charge in [0.15, 0.2) is 0 Å². The normalized spacial score (nSPS) is 16.7. The highest BCUT2D eigenvalue weighted by Gasteiger charge is 2.27. The number of fused-ring (bicyclic) bond motifs is 1. The standard InChI is InChI=1S/C21H21NO/c23-21-18-11-5-4-8-16(18)12-13-19(21)20(22-14-6-7-15-22)17-9-2-1-3-10-17/h1-5,8-13,20,23H,6-7,14-15H2. The molecular formula is C21H21NO. The molecule has 0 amide bonds. The van der Waals surface area contributed by atoms with Gasteiger partial charge in [-0.05, 0) is 36.9 Å².